The van der Waals surface area contributed by atoms with Gasteiger partial charge in [-0.15, -0.1) is 11.3 Å². The van der Waals surface area contributed by atoms with E-state index in [1.165, 1.54) is 33.8 Å². The third kappa shape index (κ3) is 3.89. The van der Waals surface area contributed by atoms with E-state index < -0.39 is 15.8 Å². The summed E-state index contributed by atoms with van der Waals surface area (Å²) in [4.78, 5) is 20.5. The number of fused-ring (bicyclic) bond motifs is 1. The van der Waals surface area contributed by atoms with Crippen LogP contribution in [0, 0.1) is 5.82 Å². The molecule has 0 atom stereocenters. The molecule has 8 nitrogen and oxygen atoms in total. The summed E-state index contributed by atoms with van der Waals surface area (Å²) in [7, 11) is -3.98. The number of thiophene rings is 1. The highest BCUT2D eigenvalue weighted by Crippen LogP contribution is 2.29. The minimum absolute atomic E-state index is 0.0860. The fourth-order valence-electron chi connectivity index (χ4n) is 4.10. The number of carbonyl (C=O) groups excluding carboxylic acids is 1. The Morgan fingerprint density at radius 2 is 1.88 bits per heavy atom. The van der Waals surface area contributed by atoms with Crippen LogP contribution in [0.1, 0.15) is 17.3 Å². The molecule has 4 aromatic rings. The predicted molar refractivity (Wildman–Crippen MR) is 128 cm³/mol. The van der Waals surface area contributed by atoms with Crippen LogP contribution in [0.4, 0.5) is 4.39 Å². The minimum Gasteiger partial charge on any atom is -0.336 e. The molecule has 0 spiro atoms. The fourth-order valence-corrected chi connectivity index (χ4v) is 6.27. The molecule has 4 heterocycles. The Labute approximate surface area is 200 Å². The van der Waals surface area contributed by atoms with Crippen molar-refractivity contribution in [3.05, 3.63) is 65.4 Å². The number of aromatic nitrogens is 3. The molecular formula is C23H22FN5O3S2. The molecule has 1 saturated heterocycles. The Balaban J connectivity index is 1.42. The highest BCUT2D eigenvalue weighted by atomic mass is 32.2. The maximum absolute atomic E-state index is 14.1. The quantitative estimate of drug-likeness (QED) is 0.420. The molecule has 0 unspecified atom stereocenters. The Hall–Kier alpha value is -3.15. The standard InChI is InChI=1S/C23H22FN5O3S2/c1-2-29-22-17(15-25-29)16(14-19(26-22)20-7-5-13-33-20)23(30)27-9-11-28(12-10-27)34(31,32)21-8-4-3-6-18(21)24/h3-8,13-15H,2,9-12H2,1H3. The van der Waals surface area contributed by atoms with Gasteiger partial charge in [0.2, 0.25) is 10.0 Å². The van der Waals surface area contributed by atoms with E-state index in [9.17, 15) is 17.6 Å². The molecule has 5 rings (SSSR count). The number of piperazine rings is 1. The SMILES string of the molecule is CCn1ncc2c(C(=O)N3CCN(S(=O)(=O)c4ccccc4F)CC3)cc(-c3cccs3)nc21. The monoisotopic (exact) mass is 499 g/mol. The van der Waals surface area contributed by atoms with Gasteiger partial charge in [0.05, 0.1) is 27.7 Å². The van der Waals surface area contributed by atoms with Gasteiger partial charge in [0.15, 0.2) is 5.65 Å². The van der Waals surface area contributed by atoms with E-state index in [1.807, 2.05) is 24.4 Å². The number of nitrogens with zero attached hydrogens (tertiary/aromatic N) is 5. The van der Waals surface area contributed by atoms with Gasteiger partial charge in [0.1, 0.15) is 10.7 Å². The molecule has 0 radical (unpaired) electrons. The number of carbonyl (C=O) groups is 1. The van der Waals surface area contributed by atoms with E-state index in [-0.39, 0.29) is 37.0 Å². The van der Waals surface area contributed by atoms with Crippen LogP contribution in [0.2, 0.25) is 0 Å². The second-order valence-corrected chi connectivity index (χ2v) is 10.7. The average molecular weight is 500 g/mol. The minimum atomic E-state index is -3.98. The van der Waals surface area contributed by atoms with Crippen molar-refractivity contribution in [2.75, 3.05) is 26.2 Å². The number of pyridine rings is 1. The molecule has 0 aliphatic carbocycles. The topological polar surface area (TPSA) is 88.4 Å². The highest BCUT2D eigenvalue weighted by Gasteiger charge is 2.32. The molecule has 34 heavy (non-hydrogen) atoms. The van der Waals surface area contributed by atoms with Gasteiger partial charge in [-0.2, -0.15) is 9.40 Å². The Morgan fingerprint density at radius 1 is 1.12 bits per heavy atom. The Morgan fingerprint density at radius 3 is 2.56 bits per heavy atom. The van der Waals surface area contributed by atoms with E-state index in [0.29, 0.717) is 28.8 Å². The van der Waals surface area contributed by atoms with E-state index in [4.69, 9.17) is 4.98 Å². The molecule has 11 heteroatoms. The number of amides is 1. The van der Waals surface area contributed by atoms with Crippen molar-refractivity contribution in [3.63, 3.8) is 0 Å². The van der Waals surface area contributed by atoms with Crippen LogP contribution >= 0.6 is 11.3 Å². The number of halogens is 1. The van der Waals surface area contributed by atoms with Gasteiger partial charge < -0.3 is 4.90 Å². The molecule has 1 aliphatic rings. The van der Waals surface area contributed by atoms with Crippen LogP contribution in [0.3, 0.4) is 0 Å². The molecule has 1 amide bonds. The molecular weight excluding hydrogens is 477 g/mol. The molecule has 1 aromatic carbocycles. The Kier molecular flexibility index (Phi) is 5.92. The van der Waals surface area contributed by atoms with E-state index in [0.717, 1.165) is 10.9 Å². The fraction of sp³-hybridized carbons (Fsp3) is 0.261. The van der Waals surface area contributed by atoms with Crippen LogP contribution in [-0.4, -0.2) is 64.5 Å². The van der Waals surface area contributed by atoms with Crippen LogP contribution in [0.5, 0.6) is 0 Å². The van der Waals surface area contributed by atoms with Gasteiger partial charge >= 0.3 is 0 Å². The zero-order chi connectivity index (χ0) is 23.9. The molecule has 3 aromatic heterocycles. The number of benzene rings is 1. The lowest BCUT2D eigenvalue weighted by atomic mass is 10.1. The second kappa shape index (κ2) is 8.90. The summed E-state index contributed by atoms with van der Waals surface area (Å²) in [6.45, 7) is 3.15. The summed E-state index contributed by atoms with van der Waals surface area (Å²) in [6, 6.07) is 11.0. The van der Waals surface area contributed by atoms with Crippen molar-refractivity contribution in [2.45, 2.75) is 18.4 Å². The Bertz CT molecular complexity index is 1460. The number of aryl methyl sites for hydroxylation is 1. The maximum atomic E-state index is 14.1. The van der Waals surface area contributed by atoms with Crippen LogP contribution in [0.15, 0.2) is 58.9 Å². The molecule has 176 valence electrons. The first-order valence-corrected chi connectivity index (χ1v) is 13.2. The van der Waals surface area contributed by atoms with Crippen LogP contribution < -0.4 is 0 Å². The first-order chi connectivity index (χ1) is 16.4. The van der Waals surface area contributed by atoms with E-state index in [2.05, 4.69) is 5.10 Å². The van der Waals surface area contributed by atoms with E-state index in [1.54, 1.807) is 21.8 Å². The molecule has 0 bridgehead atoms. The van der Waals surface area contributed by atoms with Gasteiger partial charge in [-0.1, -0.05) is 18.2 Å². The predicted octanol–water partition coefficient (Wildman–Crippen LogP) is 3.47. The van der Waals surface area contributed by atoms with E-state index >= 15 is 0 Å². The molecule has 0 saturated carbocycles. The lowest BCUT2D eigenvalue weighted by Gasteiger charge is -2.34. The molecule has 0 N–H and O–H groups in total. The van der Waals surface area contributed by atoms with Crippen LogP contribution in [-0.2, 0) is 16.6 Å². The normalized spacial score (nSPS) is 15.2. The van der Waals surface area contributed by atoms with Crippen molar-refractivity contribution >= 4 is 38.3 Å². The number of sulfonamides is 1. The van der Waals surface area contributed by atoms with Gasteiger partial charge in [0, 0.05) is 32.7 Å². The zero-order valence-corrected chi connectivity index (χ0v) is 20.0. The second-order valence-electron chi connectivity index (χ2n) is 7.86. The first-order valence-electron chi connectivity index (χ1n) is 10.8. The summed E-state index contributed by atoms with van der Waals surface area (Å²) < 4.78 is 42.9. The van der Waals surface area contributed by atoms with Crippen molar-refractivity contribution in [1.29, 1.82) is 0 Å². The maximum Gasteiger partial charge on any atom is 0.254 e. The zero-order valence-electron chi connectivity index (χ0n) is 18.4. The van der Waals surface area contributed by atoms with Gasteiger partial charge in [-0.3, -0.25) is 4.79 Å². The summed E-state index contributed by atoms with van der Waals surface area (Å²) in [5, 5.41) is 6.99. The van der Waals surface area contributed by atoms with Crippen molar-refractivity contribution < 1.29 is 17.6 Å². The van der Waals surface area contributed by atoms with Crippen LogP contribution in [0.25, 0.3) is 21.6 Å². The van der Waals surface area contributed by atoms with Gasteiger partial charge in [-0.25, -0.2) is 22.5 Å². The lowest BCUT2D eigenvalue weighted by molar-refractivity contribution is 0.0699. The summed E-state index contributed by atoms with van der Waals surface area (Å²) in [6.07, 6.45) is 1.65. The summed E-state index contributed by atoms with van der Waals surface area (Å²) in [5.41, 5.74) is 1.82. The average Bonchev–Trinajstić information content (AvgIpc) is 3.53. The van der Waals surface area contributed by atoms with Crippen molar-refractivity contribution in [2.24, 2.45) is 0 Å². The molecule has 1 fully saturated rings. The summed E-state index contributed by atoms with van der Waals surface area (Å²) in [5.74, 6) is -0.988. The largest absolute Gasteiger partial charge is 0.336 e. The number of rotatable bonds is 5. The lowest BCUT2D eigenvalue weighted by Crippen LogP contribution is -2.50. The van der Waals surface area contributed by atoms with Crippen molar-refractivity contribution in [3.8, 4) is 10.6 Å². The first kappa shape index (κ1) is 22.6. The molecule has 1 aliphatic heterocycles. The van der Waals surface area contributed by atoms with Crippen molar-refractivity contribution in [1.82, 2.24) is 24.0 Å². The number of hydrogen-bond donors (Lipinski definition) is 0. The van der Waals surface area contributed by atoms with Gasteiger partial charge in [-0.05, 0) is 36.6 Å². The smallest absolute Gasteiger partial charge is 0.254 e. The third-order valence-corrected chi connectivity index (χ3v) is 8.72. The highest BCUT2D eigenvalue weighted by molar-refractivity contribution is 7.89. The number of hydrogen-bond acceptors (Lipinski definition) is 6. The summed E-state index contributed by atoms with van der Waals surface area (Å²) >= 11 is 1.54. The van der Waals surface area contributed by atoms with Gasteiger partial charge in [0.25, 0.3) is 5.91 Å². The third-order valence-electron chi connectivity index (χ3n) is 5.89.